The van der Waals surface area contributed by atoms with Crippen molar-refractivity contribution in [3.63, 3.8) is 0 Å². The molecule has 1 aliphatic rings. The number of aromatic amines is 1. The summed E-state index contributed by atoms with van der Waals surface area (Å²) < 4.78 is 0. The number of benzene rings is 1. The fourth-order valence-corrected chi connectivity index (χ4v) is 4.65. The Hall–Kier alpha value is -0.596. The summed E-state index contributed by atoms with van der Waals surface area (Å²) in [6.45, 7) is 22.6. The predicted molar refractivity (Wildman–Crippen MR) is 123 cm³/mol. The molecule has 1 aliphatic carbocycles. The second-order valence-corrected chi connectivity index (χ2v) is 10.7. The van der Waals surface area contributed by atoms with Crippen molar-refractivity contribution in [2.45, 2.75) is 92.4 Å². The van der Waals surface area contributed by atoms with Crippen molar-refractivity contribution >= 4 is 10.9 Å². The number of nitrogens with one attached hydrogen (secondary N) is 1. The summed E-state index contributed by atoms with van der Waals surface area (Å²) in [6, 6.07) is 6.50. The summed E-state index contributed by atoms with van der Waals surface area (Å²) in [6.07, 6.45) is 4.66. The molecule has 0 saturated carbocycles. The van der Waals surface area contributed by atoms with E-state index in [1.165, 1.54) is 34.0 Å². The van der Waals surface area contributed by atoms with Crippen molar-refractivity contribution < 1.29 is 46.5 Å². The van der Waals surface area contributed by atoms with E-state index in [9.17, 15) is 0 Å². The molecular weight excluding hydrogens is 457 g/mol. The molecule has 1 N–H and O–H groups in total. The van der Waals surface area contributed by atoms with Gasteiger partial charge >= 0.3 is 21.7 Å². The predicted octanol–water partition coefficient (Wildman–Crippen LogP) is 1.56. The van der Waals surface area contributed by atoms with E-state index in [2.05, 4.69) is 98.6 Å². The maximum Gasteiger partial charge on any atom is 4.00 e. The van der Waals surface area contributed by atoms with Crippen LogP contribution in [0.3, 0.4) is 0 Å². The maximum atomic E-state index is 3.34. The normalized spacial score (nSPS) is 14.8. The molecule has 168 valence electrons. The Kier molecular flexibility index (Phi) is 10.4. The molecule has 2 aromatic carbocycles. The van der Waals surface area contributed by atoms with Crippen molar-refractivity contribution in [2.75, 3.05) is 0 Å². The first-order valence-electron chi connectivity index (χ1n) is 10.6. The van der Waals surface area contributed by atoms with E-state index in [0.29, 0.717) is 0 Å². The third-order valence-corrected chi connectivity index (χ3v) is 6.50. The van der Waals surface area contributed by atoms with Gasteiger partial charge < -0.3 is 29.8 Å². The van der Waals surface area contributed by atoms with Crippen LogP contribution in [0, 0.1) is 27.0 Å². The van der Waals surface area contributed by atoms with E-state index in [1.54, 1.807) is 22.3 Å². The molecule has 0 fully saturated rings. The largest absolute Gasteiger partial charge is 4.00 e. The van der Waals surface area contributed by atoms with Gasteiger partial charge in [-0.2, -0.15) is 22.3 Å². The summed E-state index contributed by atoms with van der Waals surface area (Å²) >= 11 is 0. The number of H-pyrrole nitrogens is 1. The quantitative estimate of drug-likeness (QED) is 0.361. The number of hydrogen-bond donors (Lipinski definition) is 1. The van der Waals surface area contributed by atoms with Gasteiger partial charge in [0, 0.05) is 0 Å². The molecule has 0 radical (unpaired) electrons. The third kappa shape index (κ3) is 5.67. The van der Waals surface area contributed by atoms with E-state index < -0.39 is 0 Å². The van der Waals surface area contributed by atoms with E-state index in [1.807, 2.05) is 0 Å². The van der Waals surface area contributed by atoms with Crippen molar-refractivity contribution in [3.05, 3.63) is 63.3 Å². The Labute approximate surface area is 217 Å². The average Bonchev–Trinajstić information content (AvgIpc) is 3.07. The summed E-state index contributed by atoms with van der Waals surface area (Å²) in [5.41, 5.74) is 12.1. The maximum absolute atomic E-state index is 3.34. The molecule has 3 aromatic rings. The van der Waals surface area contributed by atoms with Crippen molar-refractivity contribution in [2.24, 2.45) is 0 Å². The first kappa shape index (κ1) is 30.4. The minimum Gasteiger partial charge on any atom is -1.00 e. The summed E-state index contributed by atoms with van der Waals surface area (Å²) in [5.74, 6) is 0.831. The smallest absolute Gasteiger partial charge is 1.00 e. The summed E-state index contributed by atoms with van der Waals surface area (Å²) in [5, 5.41) is 1.35. The van der Waals surface area contributed by atoms with Gasteiger partial charge in [0.1, 0.15) is 0 Å². The first-order valence-corrected chi connectivity index (χ1v) is 10.6. The van der Waals surface area contributed by atoms with Gasteiger partial charge in [-0.15, -0.1) is 34.3 Å². The first-order chi connectivity index (χ1) is 12.8. The Bertz CT molecular complexity index is 993. The Morgan fingerprint density at radius 1 is 0.935 bits per heavy atom. The molecule has 1 atom stereocenters. The third-order valence-electron chi connectivity index (χ3n) is 6.50. The Balaban J connectivity index is 0.000000566. The topological polar surface area (TPSA) is 15.8 Å². The number of fused-ring (bicyclic) bond motifs is 2. The van der Waals surface area contributed by atoms with Gasteiger partial charge in [0.2, 0.25) is 0 Å². The minimum absolute atomic E-state index is 0. The van der Waals surface area contributed by atoms with Crippen LogP contribution in [0.25, 0.3) is 10.9 Å². The Morgan fingerprint density at radius 2 is 1.52 bits per heavy atom. The van der Waals surface area contributed by atoms with E-state index in [-0.39, 0.29) is 57.4 Å². The van der Waals surface area contributed by atoms with Crippen LogP contribution in [0.2, 0.25) is 0 Å². The van der Waals surface area contributed by atoms with Crippen molar-refractivity contribution in [1.29, 1.82) is 0 Å². The zero-order valence-corrected chi connectivity index (χ0v) is 23.8. The van der Waals surface area contributed by atoms with Crippen LogP contribution in [0.5, 0.6) is 0 Å². The number of hydrogen-bond acceptors (Lipinski definition) is 0. The molecule has 31 heavy (non-hydrogen) atoms. The van der Waals surface area contributed by atoms with E-state index >= 15 is 0 Å². The second kappa shape index (κ2) is 10.6. The molecule has 4 heteroatoms. The zero-order valence-electron chi connectivity index (χ0n) is 20.8. The SMILES string of the molecule is CC(C)(C)c1[c-][nH]c2cccc(C(C)(C)C)c12.Cc1c(C)c2[c-](c1C)C(C)C2.[Cl-].[Cl-].[Ti+4]. The van der Waals surface area contributed by atoms with E-state index in [4.69, 9.17) is 0 Å². The minimum atomic E-state index is 0. The number of halogens is 2. The number of aromatic nitrogens is 1. The van der Waals surface area contributed by atoms with Gasteiger partial charge in [0.05, 0.1) is 0 Å². The molecular formula is C27H37Cl2NTi. The van der Waals surface area contributed by atoms with Gasteiger partial charge in [-0.05, 0) is 10.8 Å². The average molecular weight is 494 g/mol. The fraction of sp³-hybridized carbons (Fsp3) is 0.519. The molecule has 1 heterocycles. The number of rotatable bonds is 0. The van der Waals surface area contributed by atoms with E-state index in [0.717, 1.165) is 5.92 Å². The standard InChI is InChI=1S/C16H22N.C11H15.2ClH.Ti/c1-15(2,3)11-8-7-9-13-14(11)12(10-17-13)16(4,5)6;1-6-5-10-8(3)7(2)9(4)11(6)10;;;/h7-9,17H,1-6H3;6H,5H2,1-4H3;2*1H;/q2*-1;;;+4/p-2. The van der Waals surface area contributed by atoms with Crippen molar-refractivity contribution in [1.82, 2.24) is 4.98 Å². The summed E-state index contributed by atoms with van der Waals surface area (Å²) in [4.78, 5) is 3.28. The molecule has 1 aromatic heterocycles. The van der Waals surface area contributed by atoms with Gasteiger partial charge in [0.15, 0.2) is 0 Å². The molecule has 0 bridgehead atoms. The molecule has 1 unspecified atom stereocenters. The molecule has 0 amide bonds. The molecule has 1 nitrogen and oxygen atoms in total. The van der Waals surface area contributed by atoms with Crippen LogP contribution in [-0.4, -0.2) is 4.98 Å². The molecule has 0 spiro atoms. The van der Waals surface area contributed by atoms with Gasteiger partial charge in [-0.25, -0.2) is 0 Å². The second-order valence-electron chi connectivity index (χ2n) is 10.7. The van der Waals surface area contributed by atoms with Crippen LogP contribution in [0.15, 0.2) is 18.2 Å². The van der Waals surface area contributed by atoms with Crippen LogP contribution in [0.1, 0.15) is 93.3 Å². The zero-order chi connectivity index (χ0) is 21.0. The van der Waals surface area contributed by atoms with Gasteiger partial charge in [-0.1, -0.05) is 99.3 Å². The van der Waals surface area contributed by atoms with Crippen LogP contribution in [-0.2, 0) is 39.0 Å². The Morgan fingerprint density at radius 3 is 1.94 bits per heavy atom. The van der Waals surface area contributed by atoms with Crippen molar-refractivity contribution in [3.8, 4) is 0 Å². The van der Waals surface area contributed by atoms with Crippen LogP contribution >= 0.6 is 0 Å². The summed E-state index contributed by atoms with van der Waals surface area (Å²) in [7, 11) is 0. The van der Waals surface area contributed by atoms with Gasteiger partial charge in [-0.3, -0.25) is 0 Å². The fourth-order valence-electron chi connectivity index (χ4n) is 4.65. The van der Waals surface area contributed by atoms with Crippen LogP contribution < -0.4 is 24.8 Å². The molecule has 0 aliphatic heterocycles. The monoisotopic (exact) mass is 493 g/mol. The molecule has 0 saturated heterocycles. The molecule has 4 rings (SSSR count). The van der Waals surface area contributed by atoms with Crippen LogP contribution in [0.4, 0.5) is 0 Å². The van der Waals surface area contributed by atoms with Gasteiger partial charge in [0.25, 0.3) is 0 Å².